The molecule has 1 heterocycles. The fraction of sp³-hybridized carbons (Fsp3) is 0.700. The summed E-state index contributed by atoms with van der Waals surface area (Å²) in [6.45, 7) is 3.31. The summed E-state index contributed by atoms with van der Waals surface area (Å²) in [5, 5.41) is 8.91. The van der Waals surface area contributed by atoms with Gasteiger partial charge in [0.05, 0.1) is 20.1 Å². The number of aromatic nitrogens is 3. The Morgan fingerprint density at radius 2 is 2.29 bits per heavy atom. The average Bonchev–Trinajstić information content (AvgIpc) is 2.72. The maximum atomic E-state index is 11.0. The summed E-state index contributed by atoms with van der Waals surface area (Å²) in [6, 6.07) is 0. The first-order valence-electron chi connectivity index (χ1n) is 5.54. The van der Waals surface area contributed by atoms with Crippen molar-refractivity contribution in [3.8, 4) is 0 Å². The van der Waals surface area contributed by atoms with Crippen molar-refractivity contribution in [3.05, 3.63) is 5.82 Å². The highest BCUT2D eigenvalue weighted by Gasteiger charge is 2.11. The lowest BCUT2D eigenvalue weighted by atomic mass is 10.4. The molecule has 7 heteroatoms. The highest BCUT2D eigenvalue weighted by Crippen LogP contribution is 2.18. The van der Waals surface area contributed by atoms with E-state index in [2.05, 4.69) is 21.9 Å². The zero-order chi connectivity index (χ0) is 12.7. The maximum Gasteiger partial charge on any atom is 0.306 e. The second kappa shape index (κ2) is 7.29. The van der Waals surface area contributed by atoms with E-state index in [1.54, 1.807) is 0 Å². The summed E-state index contributed by atoms with van der Waals surface area (Å²) in [5.74, 6) is 1.21. The van der Waals surface area contributed by atoms with E-state index in [9.17, 15) is 4.79 Å². The van der Waals surface area contributed by atoms with Gasteiger partial charge in [-0.05, 0) is 6.42 Å². The second-order valence-electron chi connectivity index (χ2n) is 3.43. The third kappa shape index (κ3) is 4.01. The van der Waals surface area contributed by atoms with Crippen LogP contribution in [0.2, 0.25) is 0 Å². The van der Waals surface area contributed by atoms with Gasteiger partial charge in [0.25, 0.3) is 0 Å². The molecule has 0 aromatic carbocycles. The lowest BCUT2D eigenvalue weighted by Gasteiger charge is -2.06. The van der Waals surface area contributed by atoms with Gasteiger partial charge >= 0.3 is 5.97 Å². The standard InChI is InChI=1S/C10H18N4O2S/c1-3-5-14-8(7-11)12-13-10(14)17-6-4-9(15)16-2/h3-7,11H2,1-2H3. The number of carbonyl (C=O) groups is 1. The molecule has 0 radical (unpaired) electrons. The van der Waals surface area contributed by atoms with E-state index in [4.69, 9.17) is 5.73 Å². The molecule has 1 aromatic rings. The molecule has 0 unspecified atom stereocenters. The van der Waals surface area contributed by atoms with Gasteiger partial charge in [-0.1, -0.05) is 18.7 Å². The van der Waals surface area contributed by atoms with E-state index in [0.717, 1.165) is 23.9 Å². The van der Waals surface area contributed by atoms with Crippen LogP contribution in [0.25, 0.3) is 0 Å². The first-order chi connectivity index (χ1) is 8.22. The van der Waals surface area contributed by atoms with E-state index in [-0.39, 0.29) is 5.97 Å². The first-order valence-corrected chi connectivity index (χ1v) is 6.53. The highest BCUT2D eigenvalue weighted by molar-refractivity contribution is 7.99. The number of hydrogen-bond acceptors (Lipinski definition) is 6. The van der Waals surface area contributed by atoms with Gasteiger partial charge in [0.1, 0.15) is 5.82 Å². The van der Waals surface area contributed by atoms with Crippen molar-refractivity contribution in [2.75, 3.05) is 12.9 Å². The fourth-order valence-electron chi connectivity index (χ4n) is 1.35. The number of esters is 1. The van der Waals surface area contributed by atoms with Gasteiger partial charge in [0.15, 0.2) is 5.16 Å². The molecule has 0 amide bonds. The summed E-state index contributed by atoms with van der Waals surface area (Å²) < 4.78 is 6.58. The molecule has 1 rings (SSSR count). The Balaban J connectivity index is 2.57. The number of ether oxygens (including phenoxy) is 1. The minimum Gasteiger partial charge on any atom is -0.469 e. The predicted molar refractivity (Wildman–Crippen MR) is 65.6 cm³/mol. The number of carbonyl (C=O) groups excluding carboxylic acids is 1. The molecule has 6 nitrogen and oxygen atoms in total. The van der Waals surface area contributed by atoms with Crippen LogP contribution < -0.4 is 5.73 Å². The molecule has 2 N–H and O–H groups in total. The normalized spacial score (nSPS) is 10.5. The zero-order valence-electron chi connectivity index (χ0n) is 10.2. The van der Waals surface area contributed by atoms with Crippen molar-refractivity contribution < 1.29 is 9.53 Å². The molecule has 0 atom stereocenters. The maximum absolute atomic E-state index is 11.0. The van der Waals surface area contributed by atoms with Gasteiger partial charge in [-0.25, -0.2) is 0 Å². The summed E-state index contributed by atoms with van der Waals surface area (Å²) >= 11 is 1.50. The molecule has 0 spiro atoms. The molecule has 0 aliphatic rings. The fourth-order valence-corrected chi connectivity index (χ4v) is 2.26. The van der Waals surface area contributed by atoms with Crippen molar-refractivity contribution in [1.29, 1.82) is 0 Å². The smallest absolute Gasteiger partial charge is 0.306 e. The Kier molecular flexibility index (Phi) is 5.99. The molecular weight excluding hydrogens is 240 g/mol. The van der Waals surface area contributed by atoms with Crippen LogP contribution in [0.3, 0.4) is 0 Å². The van der Waals surface area contributed by atoms with Crippen LogP contribution in [0.15, 0.2) is 5.16 Å². The van der Waals surface area contributed by atoms with Crippen LogP contribution in [-0.4, -0.2) is 33.6 Å². The van der Waals surface area contributed by atoms with Crippen LogP contribution >= 0.6 is 11.8 Å². The Labute approximate surface area is 105 Å². The minimum absolute atomic E-state index is 0.210. The van der Waals surface area contributed by atoms with Crippen molar-refractivity contribution in [2.24, 2.45) is 5.73 Å². The Hall–Kier alpha value is -1.08. The quantitative estimate of drug-likeness (QED) is 0.575. The largest absolute Gasteiger partial charge is 0.469 e. The predicted octanol–water partition coefficient (Wildman–Crippen LogP) is 0.802. The summed E-state index contributed by atoms with van der Waals surface area (Å²) in [6.07, 6.45) is 1.37. The second-order valence-corrected chi connectivity index (χ2v) is 4.49. The number of nitrogens with zero attached hydrogens (tertiary/aromatic N) is 3. The molecular formula is C10H18N4O2S. The molecule has 96 valence electrons. The Morgan fingerprint density at radius 1 is 1.53 bits per heavy atom. The minimum atomic E-state index is -0.210. The SMILES string of the molecule is CCCn1c(CN)nnc1SCCC(=O)OC. The van der Waals surface area contributed by atoms with Crippen molar-refractivity contribution in [1.82, 2.24) is 14.8 Å². The molecule has 1 aromatic heterocycles. The zero-order valence-corrected chi connectivity index (χ0v) is 11.0. The van der Waals surface area contributed by atoms with E-state index < -0.39 is 0 Å². The van der Waals surface area contributed by atoms with Crippen LogP contribution in [0.1, 0.15) is 25.6 Å². The number of thioether (sulfide) groups is 1. The monoisotopic (exact) mass is 258 g/mol. The van der Waals surface area contributed by atoms with Crippen molar-refractivity contribution in [3.63, 3.8) is 0 Å². The molecule has 0 saturated heterocycles. The number of rotatable bonds is 7. The van der Waals surface area contributed by atoms with Gasteiger partial charge in [0.2, 0.25) is 0 Å². The van der Waals surface area contributed by atoms with Crippen LogP contribution in [0.4, 0.5) is 0 Å². The van der Waals surface area contributed by atoms with E-state index >= 15 is 0 Å². The molecule has 0 fully saturated rings. The third-order valence-electron chi connectivity index (χ3n) is 2.19. The highest BCUT2D eigenvalue weighted by atomic mass is 32.2. The van der Waals surface area contributed by atoms with Crippen molar-refractivity contribution >= 4 is 17.7 Å². The van der Waals surface area contributed by atoms with Gasteiger partial charge < -0.3 is 15.0 Å². The van der Waals surface area contributed by atoms with E-state index in [1.807, 2.05) is 4.57 Å². The van der Waals surface area contributed by atoms with Gasteiger partial charge in [0, 0.05) is 12.3 Å². The van der Waals surface area contributed by atoms with Gasteiger partial charge in [-0.3, -0.25) is 4.79 Å². The van der Waals surface area contributed by atoms with Crippen LogP contribution in [0, 0.1) is 0 Å². The third-order valence-corrected chi connectivity index (χ3v) is 3.16. The van der Waals surface area contributed by atoms with E-state index in [0.29, 0.717) is 18.7 Å². The van der Waals surface area contributed by atoms with Crippen molar-refractivity contribution in [2.45, 2.75) is 38.0 Å². The summed E-state index contributed by atoms with van der Waals surface area (Å²) in [5.41, 5.74) is 5.59. The Bertz CT molecular complexity index is 367. The molecule has 0 saturated carbocycles. The Morgan fingerprint density at radius 3 is 2.88 bits per heavy atom. The summed E-state index contributed by atoms with van der Waals surface area (Å²) in [7, 11) is 1.39. The lowest BCUT2D eigenvalue weighted by molar-refractivity contribution is -0.140. The first kappa shape index (κ1) is 14.0. The molecule has 0 aliphatic carbocycles. The summed E-state index contributed by atoms with van der Waals surface area (Å²) in [4.78, 5) is 11.0. The lowest BCUT2D eigenvalue weighted by Crippen LogP contribution is -2.09. The van der Waals surface area contributed by atoms with Gasteiger partial charge in [-0.2, -0.15) is 0 Å². The number of nitrogens with two attached hydrogens (primary N) is 1. The number of methoxy groups -OCH3 is 1. The van der Waals surface area contributed by atoms with E-state index in [1.165, 1.54) is 18.9 Å². The molecule has 17 heavy (non-hydrogen) atoms. The van der Waals surface area contributed by atoms with Gasteiger partial charge in [-0.15, -0.1) is 10.2 Å². The topological polar surface area (TPSA) is 83.0 Å². The molecule has 0 bridgehead atoms. The average molecular weight is 258 g/mol. The van der Waals surface area contributed by atoms with Crippen LogP contribution in [-0.2, 0) is 22.6 Å². The van der Waals surface area contributed by atoms with Crippen LogP contribution in [0.5, 0.6) is 0 Å². The number of hydrogen-bond donors (Lipinski definition) is 1. The molecule has 0 aliphatic heterocycles.